The van der Waals surface area contributed by atoms with Crippen molar-refractivity contribution in [1.82, 2.24) is 10.3 Å². The highest BCUT2D eigenvalue weighted by atomic mass is 79.9. The number of esters is 1. The molecule has 7 nitrogen and oxygen atoms in total. The van der Waals surface area contributed by atoms with E-state index in [2.05, 4.69) is 31.2 Å². The summed E-state index contributed by atoms with van der Waals surface area (Å²) in [5.74, 6) is -0.275. The van der Waals surface area contributed by atoms with Crippen molar-refractivity contribution in [2.45, 2.75) is 13.8 Å². The summed E-state index contributed by atoms with van der Waals surface area (Å²) in [5.41, 5.74) is 0.131. The van der Waals surface area contributed by atoms with E-state index in [9.17, 15) is 9.59 Å². The van der Waals surface area contributed by atoms with E-state index < -0.39 is 12.1 Å². The molecular weight excluding hydrogens is 374 g/mol. The molecule has 0 saturated heterocycles. The van der Waals surface area contributed by atoms with Gasteiger partial charge >= 0.3 is 12.1 Å². The average molecular weight is 390 g/mol. The van der Waals surface area contributed by atoms with E-state index in [0.29, 0.717) is 9.64 Å². The van der Waals surface area contributed by atoms with Gasteiger partial charge in [0.05, 0.1) is 13.2 Å². The summed E-state index contributed by atoms with van der Waals surface area (Å²) in [5, 5.41) is 2.79. The van der Waals surface area contributed by atoms with E-state index in [0.717, 1.165) is 0 Å². The van der Waals surface area contributed by atoms with Crippen LogP contribution in [0.1, 0.15) is 24.3 Å². The molecule has 0 spiro atoms. The molecule has 0 fully saturated rings. The van der Waals surface area contributed by atoms with Gasteiger partial charge in [0.25, 0.3) is 0 Å². The first kappa shape index (κ1) is 18.4. The number of aliphatic imine (C=N–C) groups is 1. The Kier molecular flexibility index (Phi) is 7.89. The number of nitrogens with one attached hydrogen (secondary N) is 1. The first-order chi connectivity index (χ1) is 10.5. The molecule has 22 heavy (non-hydrogen) atoms. The number of ether oxygens (including phenoxy) is 2. The van der Waals surface area contributed by atoms with Crippen LogP contribution in [0.25, 0.3) is 0 Å². The molecule has 0 atom stereocenters. The van der Waals surface area contributed by atoms with Gasteiger partial charge in [-0.3, -0.25) is 5.32 Å². The number of hydrogen-bond donors (Lipinski definition) is 1. The number of carbonyl (C=O) groups excluding carboxylic acids is 2. The maximum atomic E-state index is 11.7. The van der Waals surface area contributed by atoms with Crippen LogP contribution < -0.4 is 5.32 Å². The molecule has 1 amide bonds. The molecule has 0 radical (unpaired) electrons. The molecule has 0 aliphatic rings. The minimum Gasteiger partial charge on any atom is -0.461 e. The molecule has 1 N–H and O–H groups in total. The Morgan fingerprint density at radius 2 is 2.00 bits per heavy atom. The molecule has 0 aliphatic carbocycles. The third-order valence-corrected chi connectivity index (χ3v) is 3.19. The number of alkyl carbamates (subject to hydrolysis) is 1. The summed E-state index contributed by atoms with van der Waals surface area (Å²) in [6.45, 7) is 3.93. The van der Waals surface area contributed by atoms with Crippen LogP contribution in [-0.2, 0) is 9.47 Å². The van der Waals surface area contributed by atoms with E-state index in [4.69, 9.17) is 9.47 Å². The van der Waals surface area contributed by atoms with Gasteiger partial charge in [-0.05, 0) is 32.2 Å². The minimum atomic E-state index is -0.601. The molecule has 9 heteroatoms. The van der Waals surface area contributed by atoms with Crippen LogP contribution in [0.3, 0.4) is 0 Å². The van der Waals surface area contributed by atoms with E-state index in [-0.39, 0.29) is 24.7 Å². The Morgan fingerprint density at radius 3 is 2.59 bits per heavy atom. The smallest absolute Gasteiger partial charge is 0.413 e. The van der Waals surface area contributed by atoms with E-state index in [1.54, 1.807) is 26.2 Å². The van der Waals surface area contributed by atoms with Gasteiger partial charge in [0, 0.05) is 4.47 Å². The monoisotopic (exact) mass is 389 g/mol. The Balaban J connectivity index is 3.01. The molecule has 1 rings (SSSR count). The number of aromatic nitrogens is 1. The lowest BCUT2D eigenvalue weighted by Crippen LogP contribution is -2.28. The van der Waals surface area contributed by atoms with Crippen LogP contribution in [0.5, 0.6) is 0 Å². The molecule has 1 aromatic heterocycles. The molecule has 0 aromatic carbocycles. The van der Waals surface area contributed by atoms with Gasteiger partial charge in [-0.1, -0.05) is 27.7 Å². The molecule has 0 unspecified atom stereocenters. The fourth-order valence-corrected chi connectivity index (χ4v) is 2.13. The second kappa shape index (κ2) is 9.42. The van der Waals surface area contributed by atoms with Crippen molar-refractivity contribution in [3.8, 4) is 0 Å². The van der Waals surface area contributed by atoms with Crippen molar-refractivity contribution in [3.05, 3.63) is 22.3 Å². The van der Waals surface area contributed by atoms with Crippen LogP contribution in [0.15, 0.2) is 21.6 Å². The van der Waals surface area contributed by atoms with Gasteiger partial charge in [-0.2, -0.15) is 0 Å². The minimum absolute atomic E-state index is 0.131. The van der Waals surface area contributed by atoms with Gasteiger partial charge in [-0.15, -0.1) is 0 Å². The van der Waals surface area contributed by atoms with Crippen molar-refractivity contribution in [2.24, 2.45) is 4.99 Å². The maximum Gasteiger partial charge on any atom is 0.413 e. The zero-order valence-electron chi connectivity index (χ0n) is 12.4. The van der Waals surface area contributed by atoms with Crippen LogP contribution in [-0.4, -0.2) is 41.7 Å². The summed E-state index contributed by atoms with van der Waals surface area (Å²) < 4.78 is 10.3. The van der Waals surface area contributed by atoms with E-state index >= 15 is 0 Å². The lowest BCUT2D eigenvalue weighted by molar-refractivity contribution is 0.0519. The zero-order chi connectivity index (χ0) is 16.5. The highest BCUT2D eigenvalue weighted by Crippen LogP contribution is 2.20. The topological polar surface area (TPSA) is 89.9 Å². The number of hydrogen-bond acceptors (Lipinski definition) is 7. The molecule has 120 valence electrons. The summed E-state index contributed by atoms with van der Waals surface area (Å²) in [7, 11) is 0. The lowest BCUT2D eigenvalue weighted by Gasteiger charge is -2.07. The van der Waals surface area contributed by atoms with Crippen molar-refractivity contribution in [1.29, 1.82) is 0 Å². The van der Waals surface area contributed by atoms with E-state index in [1.807, 2.05) is 0 Å². The summed E-state index contributed by atoms with van der Waals surface area (Å²) in [6, 6.07) is 3.15. The Hall–Kier alpha value is -1.61. The number of thioether (sulfide) groups is 1. The quantitative estimate of drug-likeness (QED) is 0.483. The standard InChI is InChI=1S/C13H16BrN3O4S/c1-4-20-11(18)9-6-8(14)7-10(15-9)16-12(22-3)17-13(19)21-5-2/h6-7H,4-5H2,1-3H3,(H,15,16,17,19). The highest BCUT2D eigenvalue weighted by molar-refractivity contribution is 9.10. The Bertz CT molecular complexity index is 580. The molecule has 0 bridgehead atoms. The first-order valence-corrected chi connectivity index (χ1v) is 8.43. The third kappa shape index (κ3) is 6.02. The number of nitrogens with zero attached hydrogens (tertiary/aromatic N) is 2. The normalized spacial score (nSPS) is 11.0. The summed E-state index contributed by atoms with van der Waals surface area (Å²) in [6.07, 6.45) is 1.14. The molecule has 0 saturated carbocycles. The highest BCUT2D eigenvalue weighted by Gasteiger charge is 2.12. The molecule has 1 heterocycles. The third-order valence-electron chi connectivity index (χ3n) is 2.16. The number of carbonyl (C=O) groups is 2. The van der Waals surface area contributed by atoms with Crippen molar-refractivity contribution in [3.63, 3.8) is 0 Å². The predicted molar refractivity (Wildman–Crippen MR) is 88.7 cm³/mol. The van der Waals surface area contributed by atoms with Gasteiger partial charge in [0.2, 0.25) is 0 Å². The molecular formula is C13H16BrN3O4S. The van der Waals surface area contributed by atoms with Crippen molar-refractivity contribution >= 4 is 50.7 Å². The van der Waals surface area contributed by atoms with Gasteiger partial charge in [0.15, 0.2) is 16.7 Å². The largest absolute Gasteiger partial charge is 0.461 e. The number of pyridine rings is 1. The zero-order valence-corrected chi connectivity index (χ0v) is 14.8. The number of amides is 1. The number of halogens is 1. The first-order valence-electron chi connectivity index (χ1n) is 6.41. The predicted octanol–water partition coefficient (Wildman–Crippen LogP) is 3.12. The second-order valence-electron chi connectivity index (χ2n) is 3.72. The summed E-state index contributed by atoms with van der Waals surface area (Å²) >= 11 is 4.50. The maximum absolute atomic E-state index is 11.7. The Morgan fingerprint density at radius 1 is 1.32 bits per heavy atom. The van der Waals surface area contributed by atoms with Gasteiger partial charge in [-0.25, -0.2) is 19.6 Å². The van der Waals surface area contributed by atoms with Crippen molar-refractivity contribution in [2.75, 3.05) is 19.5 Å². The fraction of sp³-hybridized carbons (Fsp3) is 0.385. The van der Waals surface area contributed by atoms with Crippen molar-refractivity contribution < 1.29 is 19.1 Å². The second-order valence-corrected chi connectivity index (χ2v) is 5.43. The number of amidine groups is 1. The molecule has 1 aromatic rings. The SMILES string of the molecule is CCOC(=O)N/C(=N/c1cc(Br)cc(C(=O)OCC)n1)SC. The van der Waals surface area contributed by atoms with Crippen LogP contribution in [0, 0.1) is 0 Å². The van der Waals surface area contributed by atoms with Crippen LogP contribution in [0.2, 0.25) is 0 Å². The summed E-state index contributed by atoms with van der Waals surface area (Å²) in [4.78, 5) is 31.4. The van der Waals surface area contributed by atoms with Crippen LogP contribution in [0.4, 0.5) is 10.6 Å². The van der Waals surface area contributed by atoms with E-state index in [1.165, 1.54) is 17.8 Å². The van der Waals surface area contributed by atoms with Gasteiger partial charge < -0.3 is 9.47 Å². The fourth-order valence-electron chi connectivity index (χ4n) is 1.33. The lowest BCUT2D eigenvalue weighted by atomic mass is 10.3. The van der Waals surface area contributed by atoms with Crippen LogP contribution >= 0.6 is 27.7 Å². The number of rotatable bonds is 4. The van der Waals surface area contributed by atoms with Gasteiger partial charge in [0.1, 0.15) is 0 Å². The molecule has 0 aliphatic heterocycles. The average Bonchev–Trinajstić information content (AvgIpc) is 2.46. The Labute approximate surface area is 141 Å².